The number of piperidine rings is 2. The van der Waals surface area contributed by atoms with E-state index in [1.165, 1.54) is 11.6 Å². The zero-order valence-electron chi connectivity index (χ0n) is 30.0. The number of hydrogen-bond donors (Lipinski definition) is 3. The van der Waals surface area contributed by atoms with Crippen LogP contribution in [0.15, 0.2) is 53.5 Å². The number of hydrogen-bond acceptors (Lipinski definition) is 11. The van der Waals surface area contributed by atoms with Gasteiger partial charge in [-0.3, -0.25) is 29.2 Å². The van der Waals surface area contributed by atoms with Gasteiger partial charge in [-0.2, -0.15) is 10.1 Å². The van der Waals surface area contributed by atoms with E-state index in [-0.39, 0.29) is 35.6 Å². The number of aromatic nitrogens is 5. The number of anilines is 4. The van der Waals surface area contributed by atoms with Gasteiger partial charge in [-0.05, 0) is 55.5 Å². The van der Waals surface area contributed by atoms with Crippen LogP contribution in [0.1, 0.15) is 37.3 Å². The van der Waals surface area contributed by atoms with Crippen molar-refractivity contribution >= 4 is 74.3 Å². The fraction of sp³-hybridized carbons (Fsp3) is 0.378. The molecule has 16 heteroatoms. The number of benzene rings is 2. The molecule has 3 N–H and O–H groups in total. The lowest BCUT2D eigenvalue weighted by Crippen LogP contribution is -2.41. The summed E-state index contributed by atoms with van der Waals surface area (Å²) in [5.74, 6) is 0.0608. The van der Waals surface area contributed by atoms with E-state index < -0.39 is 5.92 Å². The minimum atomic E-state index is -0.465. The van der Waals surface area contributed by atoms with Crippen LogP contribution in [0.2, 0.25) is 5.02 Å². The molecule has 0 saturated carbocycles. The van der Waals surface area contributed by atoms with Gasteiger partial charge in [0.1, 0.15) is 5.02 Å². The Morgan fingerprint density at radius 1 is 1.13 bits per heavy atom. The number of nitrogens with zero attached hydrogens (tertiary/aromatic N) is 7. The second kappa shape index (κ2) is 14.7. The highest BCUT2D eigenvalue weighted by Gasteiger charge is 2.32. The molecule has 2 aliphatic heterocycles. The lowest BCUT2D eigenvalue weighted by molar-refractivity contribution is -0.134. The third-order valence-corrected chi connectivity index (χ3v) is 10.3. The van der Waals surface area contributed by atoms with Gasteiger partial charge >= 0.3 is 0 Å². The summed E-state index contributed by atoms with van der Waals surface area (Å²) in [6.07, 6.45) is 4.35. The Morgan fingerprint density at radius 2 is 1.96 bits per heavy atom. The molecule has 276 valence electrons. The lowest BCUT2D eigenvalue weighted by atomic mass is 9.92. The molecule has 2 aromatic carbocycles. The quantitative estimate of drug-likeness (QED) is 0.179. The normalized spacial score (nSPS) is 17.6. The molecule has 5 heterocycles. The van der Waals surface area contributed by atoms with Crippen molar-refractivity contribution in [2.75, 3.05) is 55.5 Å². The first-order chi connectivity index (χ1) is 25.5. The predicted molar refractivity (Wildman–Crippen MR) is 203 cm³/mol. The number of pyridine rings is 1. The van der Waals surface area contributed by atoms with Gasteiger partial charge in [0.15, 0.2) is 18.2 Å². The number of carbonyl (C=O) groups excluding carboxylic acids is 3. The number of imide groups is 1. The van der Waals surface area contributed by atoms with Crippen molar-refractivity contribution in [3.8, 4) is 5.75 Å². The second-order valence-corrected chi connectivity index (χ2v) is 14.0. The third-order valence-electron chi connectivity index (χ3n) is 10.0. The van der Waals surface area contributed by atoms with E-state index >= 15 is 0 Å². The number of fused-ring (bicyclic) bond motifs is 2. The molecule has 53 heavy (non-hydrogen) atoms. The minimum absolute atomic E-state index is 0.0717. The van der Waals surface area contributed by atoms with E-state index in [1.807, 2.05) is 42.1 Å². The van der Waals surface area contributed by atoms with Crippen molar-refractivity contribution in [2.24, 2.45) is 20.0 Å². The van der Waals surface area contributed by atoms with E-state index in [0.717, 1.165) is 54.5 Å². The largest absolute Gasteiger partial charge is 0.478 e. The van der Waals surface area contributed by atoms with Gasteiger partial charge in [0.2, 0.25) is 17.8 Å². The Kier molecular flexibility index (Phi) is 9.92. The van der Waals surface area contributed by atoms with Crippen LogP contribution < -0.4 is 36.0 Å². The number of aryl methyl sites for hydroxylation is 2. The van der Waals surface area contributed by atoms with Crippen LogP contribution in [-0.2, 0) is 28.5 Å². The lowest BCUT2D eigenvalue weighted by Gasteiger charge is -2.35. The number of para-hydroxylation sites is 1. The predicted octanol–water partition coefficient (Wildman–Crippen LogP) is 3.61. The molecule has 5 aromatic rings. The van der Waals surface area contributed by atoms with Gasteiger partial charge < -0.3 is 29.7 Å². The Labute approximate surface area is 310 Å². The van der Waals surface area contributed by atoms with Gasteiger partial charge in [0.05, 0.1) is 34.5 Å². The molecule has 0 radical (unpaired) electrons. The van der Waals surface area contributed by atoms with Crippen molar-refractivity contribution < 1.29 is 19.1 Å². The molecular weight excluding hydrogens is 700 g/mol. The Morgan fingerprint density at radius 3 is 2.75 bits per heavy atom. The molecule has 0 aliphatic carbocycles. The summed E-state index contributed by atoms with van der Waals surface area (Å²) in [7, 11) is 7.12. The number of carbonyl (C=O) groups is 3. The Balaban J connectivity index is 1.07. The highest BCUT2D eigenvalue weighted by atomic mass is 35.5. The third kappa shape index (κ3) is 7.20. The Hall–Kier alpha value is -5.70. The maximum absolute atomic E-state index is 12.8. The SMILES string of the molecule is CNC(=O)COc1cc2cc(Nc3nc(N4CCCC(CN(C)c5cccc6c(C7CCC(=O)NC7=O)nn(C)c56)C4)ncc3Cl)ccc2n(C)c1=O. The van der Waals surface area contributed by atoms with Crippen molar-refractivity contribution in [3.63, 3.8) is 0 Å². The minimum Gasteiger partial charge on any atom is -0.478 e. The summed E-state index contributed by atoms with van der Waals surface area (Å²) in [5.41, 5.74) is 3.71. The van der Waals surface area contributed by atoms with Crippen LogP contribution in [-0.4, -0.2) is 82.4 Å². The van der Waals surface area contributed by atoms with Gasteiger partial charge in [-0.25, -0.2) is 4.98 Å². The van der Waals surface area contributed by atoms with Crippen molar-refractivity contribution in [1.82, 2.24) is 34.9 Å². The summed E-state index contributed by atoms with van der Waals surface area (Å²) in [5, 5.41) is 15.0. The molecule has 3 amide bonds. The maximum Gasteiger partial charge on any atom is 0.293 e. The molecular formula is C37H41ClN10O5. The first kappa shape index (κ1) is 35.7. The molecule has 2 aliphatic rings. The first-order valence-electron chi connectivity index (χ1n) is 17.5. The standard InChI is InChI=1S/C37H41ClN10O5/c1-39-31(50)20-53-29-16-22-15-23(10-12-27(22)46(3)36(29)52)41-34-26(38)17-40-37(43-34)48-14-6-7-21(19-48)18-45(2)28-9-5-8-24-32(44-47(4)33(24)28)25-11-13-30(49)42-35(25)51/h5,8-10,12,15-17,21,25H,6-7,11,13-14,18-20H2,1-4H3,(H,39,50)(H,40,41,43)(H,42,49,51). The average Bonchev–Trinajstić information content (AvgIpc) is 3.49. The molecule has 2 fully saturated rings. The highest BCUT2D eigenvalue weighted by molar-refractivity contribution is 6.33. The maximum atomic E-state index is 12.8. The van der Waals surface area contributed by atoms with Gasteiger partial charge in [0.25, 0.3) is 11.5 Å². The van der Waals surface area contributed by atoms with Gasteiger partial charge in [-0.1, -0.05) is 23.7 Å². The van der Waals surface area contributed by atoms with E-state index in [0.29, 0.717) is 52.4 Å². The number of ether oxygens (including phenoxy) is 1. The van der Waals surface area contributed by atoms with Crippen molar-refractivity contribution in [2.45, 2.75) is 31.6 Å². The zero-order valence-corrected chi connectivity index (χ0v) is 30.7. The van der Waals surface area contributed by atoms with E-state index in [2.05, 4.69) is 43.8 Å². The van der Waals surface area contributed by atoms with Crippen LogP contribution in [0.5, 0.6) is 5.75 Å². The second-order valence-electron chi connectivity index (χ2n) is 13.6. The molecule has 2 unspecified atom stereocenters. The van der Waals surface area contributed by atoms with Crippen molar-refractivity contribution in [1.29, 1.82) is 0 Å². The number of nitrogens with one attached hydrogen (secondary N) is 3. The Bertz CT molecular complexity index is 2310. The van der Waals surface area contributed by atoms with Gasteiger partial charge in [0, 0.05) is 70.7 Å². The first-order valence-corrected chi connectivity index (χ1v) is 17.9. The number of likely N-dealkylation sites (N-methyl/N-ethyl adjacent to an activating group) is 1. The van der Waals surface area contributed by atoms with E-state index in [1.54, 1.807) is 19.3 Å². The monoisotopic (exact) mass is 740 g/mol. The molecule has 2 saturated heterocycles. The topological polar surface area (TPSA) is 169 Å². The fourth-order valence-corrected chi connectivity index (χ4v) is 7.47. The number of halogens is 1. The van der Waals surface area contributed by atoms with Crippen LogP contribution in [0.4, 0.5) is 23.1 Å². The van der Waals surface area contributed by atoms with E-state index in [9.17, 15) is 19.2 Å². The molecule has 15 nitrogen and oxygen atoms in total. The number of rotatable bonds is 10. The zero-order chi connectivity index (χ0) is 37.4. The summed E-state index contributed by atoms with van der Waals surface area (Å²) in [6.45, 7) is 2.06. The summed E-state index contributed by atoms with van der Waals surface area (Å²) >= 11 is 6.59. The van der Waals surface area contributed by atoms with Gasteiger partial charge in [-0.15, -0.1) is 0 Å². The summed E-state index contributed by atoms with van der Waals surface area (Å²) < 4.78 is 8.82. The molecule has 0 bridgehead atoms. The smallest absolute Gasteiger partial charge is 0.293 e. The number of amides is 3. The van der Waals surface area contributed by atoms with Crippen molar-refractivity contribution in [3.05, 3.63) is 69.7 Å². The molecule has 3 aromatic heterocycles. The summed E-state index contributed by atoms with van der Waals surface area (Å²) in [6, 6.07) is 13.2. The summed E-state index contributed by atoms with van der Waals surface area (Å²) in [4.78, 5) is 62.8. The molecule has 7 rings (SSSR count). The highest BCUT2D eigenvalue weighted by Crippen LogP contribution is 2.35. The van der Waals surface area contributed by atoms with E-state index in [4.69, 9.17) is 26.4 Å². The molecule has 0 spiro atoms. The van der Waals surface area contributed by atoms with Crippen LogP contribution in [0, 0.1) is 5.92 Å². The fourth-order valence-electron chi connectivity index (χ4n) is 7.33. The van der Waals surface area contributed by atoms with Crippen LogP contribution in [0.25, 0.3) is 21.8 Å². The van der Waals surface area contributed by atoms with Crippen LogP contribution >= 0.6 is 11.6 Å². The molecule has 2 atom stereocenters. The average molecular weight is 741 g/mol. The van der Waals surface area contributed by atoms with Crippen LogP contribution in [0.3, 0.4) is 0 Å².